The minimum absolute atomic E-state index is 0.0163. The first-order valence-electron chi connectivity index (χ1n) is 9.91. The van der Waals surface area contributed by atoms with Crippen LogP contribution in [0, 0.1) is 5.82 Å². The number of halogens is 1. The van der Waals surface area contributed by atoms with Gasteiger partial charge in [0.15, 0.2) is 0 Å². The second-order valence-corrected chi connectivity index (χ2v) is 7.36. The molecule has 0 bridgehead atoms. The van der Waals surface area contributed by atoms with Crippen molar-refractivity contribution in [1.82, 2.24) is 9.80 Å². The van der Waals surface area contributed by atoms with Gasteiger partial charge in [-0.2, -0.15) is 0 Å². The Bertz CT molecular complexity index is 854. The predicted molar refractivity (Wildman–Crippen MR) is 114 cm³/mol. The Labute approximate surface area is 175 Å². The summed E-state index contributed by atoms with van der Waals surface area (Å²) in [5.74, 6) is -0.947. The molecule has 0 spiro atoms. The molecule has 3 rings (SSSR count). The summed E-state index contributed by atoms with van der Waals surface area (Å²) < 4.78 is 18.5. The second-order valence-electron chi connectivity index (χ2n) is 7.36. The Hall–Kier alpha value is -2.81. The number of carbonyl (C=O) groups is 2. The number of rotatable bonds is 8. The average Bonchev–Trinajstić information content (AvgIpc) is 2.70. The highest BCUT2D eigenvalue weighted by Crippen LogP contribution is 2.13. The normalized spacial score (nSPS) is 14.5. The number of nitrogens with one attached hydrogen (secondary N) is 2. The Morgan fingerprint density at radius 3 is 2.27 bits per heavy atom. The van der Waals surface area contributed by atoms with Crippen LogP contribution in [0.2, 0.25) is 0 Å². The summed E-state index contributed by atoms with van der Waals surface area (Å²) in [6.45, 7) is 4.33. The molecule has 0 unspecified atom stereocenters. The molecule has 1 heterocycles. The molecule has 30 heavy (non-hydrogen) atoms. The number of carbonyl (C=O) groups excluding carboxylic acids is 2. The SMILES string of the molecule is CN(CC(=O)Nc1ccc(CN2CCOCC2)cc1)CC(=O)Nc1cccc(F)c1. The molecule has 0 radical (unpaired) electrons. The van der Waals surface area contributed by atoms with Crippen molar-refractivity contribution in [3.8, 4) is 0 Å². The zero-order chi connectivity index (χ0) is 21.3. The Morgan fingerprint density at radius 1 is 1.00 bits per heavy atom. The van der Waals surface area contributed by atoms with Crippen molar-refractivity contribution >= 4 is 23.2 Å². The van der Waals surface area contributed by atoms with Crippen LogP contribution in [0.3, 0.4) is 0 Å². The van der Waals surface area contributed by atoms with Crippen LogP contribution in [0.1, 0.15) is 5.56 Å². The molecular weight excluding hydrogens is 387 g/mol. The third-order valence-corrected chi connectivity index (χ3v) is 4.68. The quantitative estimate of drug-likeness (QED) is 0.693. The summed E-state index contributed by atoms with van der Waals surface area (Å²) in [4.78, 5) is 28.2. The fourth-order valence-corrected chi connectivity index (χ4v) is 3.22. The lowest BCUT2D eigenvalue weighted by atomic mass is 10.2. The van der Waals surface area contributed by atoms with Gasteiger partial charge in [-0.25, -0.2) is 4.39 Å². The smallest absolute Gasteiger partial charge is 0.238 e. The molecule has 2 amide bonds. The third kappa shape index (κ3) is 7.22. The van der Waals surface area contributed by atoms with Gasteiger partial charge in [0.2, 0.25) is 11.8 Å². The van der Waals surface area contributed by atoms with E-state index in [1.165, 1.54) is 23.8 Å². The van der Waals surface area contributed by atoms with Crippen LogP contribution in [-0.2, 0) is 20.9 Å². The van der Waals surface area contributed by atoms with Gasteiger partial charge in [0, 0.05) is 31.0 Å². The number of likely N-dealkylation sites (N-methyl/N-ethyl adjacent to an activating group) is 1. The largest absolute Gasteiger partial charge is 0.379 e. The molecule has 0 aliphatic carbocycles. The van der Waals surface area contributed by atoms with Crippen LogP contribution in [0.5, 0.6) is 0 Å². The van der Waals surface area contributed by atoms with Crippen molar-refractivity contribution < 1.29 is 18.7 Å². The highest BCUT2D eigenvalue weighted by Gasteiger charge is 2.13. The van der Waals surface area contributed by atoms with E-state index in [1.54, 1.807) is 18.0 Å². The summed E-state index contributed by atoms with van der Waals surface area (Å²) in [5.41, 5.74) is 2.28. The van der Waals surface area contributed by atoms with E-state index in [0.717, 1.165) is 32.8 Å². The highest BCUT2D eigenvalue weighted by molar-refractivity contribution is 5.94. The molecule has 0 saturated carbocycles. The van der Waals surface area contributed by atoms with Crippen LogP contribution in [0.4, 0.5) is 15.8 Å². The molecular formula is C22H27FN4O3. The van der Waals surface area contributed by atoms with Gasteiger partial charge in [-0.1, -0.05) is 18.2 Å². The molecule has 0 atom stereocenters. The number of hydrogen-bond donors (Lipinski definition) is 2. The summed E-state index contributed by atoms with van der Waals surface area (Å²) in [5, 5.41) is 5.45. The summed E-state index contributed by atoms with van der Waals surface area (Å²) in [6, 6.07) is 13.4. The molecule has 1 fully saturated rings. The van der Waals surface area contributed by atoms with Crippen molar-refractivity contribution in [1.29, 1.82) is 0 Å². The van der Waals surface area contributed by atoms with Crippen LogP contribution >= 0.6 is 0 Å². The van der Waals surface area contributed by atoms with E-state index in [0.29, 0.717) is 11.4 Å². The summed E-state index contributed by atoms with van der Waals surface area (Å²) >= 11 is 0. The average molecular weight is 414 g/mol. The van der Waals surface area contributed by atoms with Gasteiger partial charge in [0.1, 0.15) is 5.82 Å². The van der Waals surface area contributed by atoms with Gasteiger partial charge < -0.3 is 15.4 Å². The maximum Gasteiger partial charge on any atom is 0.238 e. The van der Waals surface area contributed by atoms with E-state index in [-0.39, 0.29) is 24.9 Å². The maximum atomic E-state index is 13.2. The van der Waals surface area contributed by atoms with E-state index in [1.807, 2.05) is 24.3 Å². The van der Waals surface area contributed by atoms with Crippen LogP contribution in [0.25, 0.3) is 0 Å². The van der Waals surface area contributed by atoms with Gasteiger partial charge >= 0.3 is 0 Å². The van der Waals surface area contributed by atoms with Crippen LogP contribution < -0.4 is 10.6 Å². The zero-order valence-corrected chi connectivity index (χ0v) is 17.1. The van der Waals surface area contributed by atoms with Crippen LogP contribution in [0.15, 0.2) is 48.5 Å². The van der Waals surface area contributed by atoms with Gasteiger partial charge in [-0.3, -0.25) is 19.4 Å². The van der Waals surface area contributed by atoms with Crippen LogP contribution in [-0.4, -0.2) is 68.1 Å². The summed E-state index contributed by atoms with van der Waals surface area (Å²) in [6.07, 6.45) is 0. The number of nitrogens with zero attached hydrogens (tertiary/aromatic N) is 2. The van der Waals surface area contributed by atoms with Gasteiger partial charge in [-0.15, -0.1) is 0 Å². The van der Waals surface area contributed by atoms with Crippen molar-refractivity contribution in [2.45, 2.75) is 6.54 Å². The number of amides is 2. The number of benzene rings is 2. The van der Waals surface area contributed by atoms with Crippen molar-refractivity contribution in [3.05, 3.63) is 59.9 Å². The fourth-order valence-electron chi connectivity index (χ4n) is 3.22. The molecule has 1 saturated heterocycles. The molecule has 2 aromatic carbocycles. The topological polar surface area (TPSA) is 73.9 Å². The van der Waals surface area contributed by atoms with E-state index in [4.69, 9.17) is 4.74 Å². The monoisotopic (exact) mass is 414 g/mol. The molecule has 160 valence electrons. The maximum absolute atomic E-state index is 13.2. The van der Waals surface area contributed by atoms with Gasteiger partial charge in [-0.05, 0) is 42.9 Å². The molecule has 0 aromatic heterocycles. The Morgan fingerprint density at radius 2 is 1.63 bits per heavy atom. The minimum atomic E-state index is -0.420. The Balaban J connectivity index is 1.41. The molecule has 2 N–H and O–H groups in total. The molecule has 1 aliphatic heterocycles. The molecule has 1 aliphatic rings. The zero-order valence-electron chi connectivity index (χ0n) is 17.1. The van der Waals surface area contributed by atoms with Gasteiger partial charge in [0.05, 0.1) is 26.3 Å². The van der Waals surface area contributed by atoms with Crippen molar-refractivity contribution in [3.63, 3.8) is 0 Å². The van der Waals surface area contributed by atoms with E-state index >= 15 is 0 Å². The standard InChI is InChI=1S/C22H27FN4O3/c1-26(16-22(29)25-20-4-2-3-18(23)13-20)15-21(28)24-19-7-5-17(6-8-19)14-27-9-11-30-12-10-27/h2-8,13H,9-12,14-16H2,1H3,(H,24,28)(H,25,29). The number of hydrogen-bond acceptors (Lipinski definition) is 5. The Kier molecular flexibility index (Phi) is 7.89. The first kappa shape index (κ1) is 21.9. The minimum Gasteiger partial charge on any atom is -0.379 e. The lowest BCUT2D eigenvalue weighted by Crippen LogP contribution is -2.36. The lowest BCUT2D eigenvalue weighted by Gasteiger charge is -2.26. The third-order valence-electron chi connectivity index (χ3n) is 4.68. The van der Waals surface area contributed by atoms with E-state index in [2.05, 4.69) is 15.5 Å². The fraction of sp³-hybridized carbons (Fsp3) is 0.364. The second kappa shape index (κ2) is 10.8. The number of morpholine rings is 1. The first-order chi connectivity index (χ1) is 14.5. The molecule has 7 nitrogen and oxygen atoms in total. The summed E-state index contributed by atoms with van der Waals surface area (Å²) in [7, 11) is 1.68. The highest BCUT2D eigenvalue weighted by atomic mass is 19.1. The predicted octanol–water partition coefficient (Wildman–Crippen LogP) is 2.17. The number of anilines is 2. The lowest BCUT2D eigenvalue weighted by molar-refractivity contribution is -0.119. The van der Waals surface area contributed by atoms with Crippen molar-refractivity contribution in [2.24, 2.45) is 0 Å². The van der Waals surface area contributed by atoms with Crippen molar-refractivity contribution in [2.75, 3.05) is 57.1 Å². The number of ether oxygens (including phenoxy) is 1. The molecule has 8 heteroatoms. The molecule has 2 aromatic rings. The van der Waals surface area contributed by atoms with Gasteiger partial charge in [0.25, 0.3) is 0 Å². The first-order valence-corrected chi connectivity index (χ1v) is 9.91. The van der Waals surface area contributed by atoms with E-state index < -0.39 is 5.82 Å². The van der Waals surface area contributed by atoms with E-state index in [9.17, 15) is 14.0 Å².